The number of benzene rings is 1. The SMILES string of the molecule is Cc1ccc(NC(=O)N2CCCCCCC2)cc1-c1ncc(F)cn1.[HH]. The second-order valence-corrected chi connectivity index (χ2v) is 6.44. The van der Waals surface area contributed by atoms with E-state index in [2.05, 4.69) is 15.3 Å². The number of aryl methyl sites for hydroxylation is 1. The van der Waals surface area contributed by atoms with Gasteiger partial charge >= 0.3 is 6.03 Å². The average molecular weight is 344 g/mol. The Morgan fingerprint density at radius 2 is 1.76 bits per heavy atom. The zero-order valence-electron chi connectivity index (χ0n) is 14.5. The van der Waals surface area contributed by atoms with E-state index in [1.165, 1.54) is 19.3 Å². The molecule has 1 aliphatic rings. The molecule has 2 amide bonds. The fraction of sp³-hybridized carbons (Fsp3) is 0.421. The van der Waals surface area contributed by atoms with Crippen LogP contribution in [0.5, 0.6) is 0 Å². The van der Waals surface area contributed by atoms with Crippen LogP contribution in [0.2, 0.25) is 0 Å². The van der Waals surface area contributed by atoms with Crippen LogP contribution in [0.25, 0.3) is 11.4 Å². The number of hydrogen-bond acceptors (Lipinski definition) is 3. The van der Waals surface area contributed by atoms with Gasteiger partial charge in [0.05, 0.1) is 12.4 Å². The molecule has 0 radical (unpaired) electrons. The number of amides is 2. The minimum absolute atomic E-state index is 0. The average Bonchev–Trinajstić information content (AvgIpc) is 2.57. The van der Waals surface area contributed by atoms with Crippen LogP contribution < -0.4 is 5.32 Å². The number of rotatable bonds is 2. The van der Waals surface area contributed by atoms with Gasteiger partial charge in [0, 0.05) is 25.8 Å². The van der Waals surface area contributed by atoms with Gasteiger partial charge in [-0.05, 0) is 37.5 Å². The first-order chi connectivity index (χ1) is 12.1. The molecule has 0 aliphatic carbocycles. The van der Waals surface area contributed by atoms with E-state index in [9.17, 15) is 9.18 Å². The molecule has 1 aliphatic heterocycles. The van der Waals surface area contributed by atoms with Crippen LogP contribution in [0.4, 0.5) is 14.9 Å². The molecule has 2 heterocycles. The highest BCUT2D eigenvalue weighted by Gasteiger charge is 2.15. The summed E-state index contributed by atoms with van der Waals surface area (Å²) < 4.78 is 13.0. The van der Waals surface area contributed by atoms with Gasteiger partial charge in [0.2, 0.25) is 0 Å². The maximum absolute atomic E-state index is 13.0. The van der Waals surface area contributed by atoms with Gasteiger partial charge in [0.1, 0.15) is 0 Å². The number of carbonyl (C=O) groups excluding carboxylic acids is 1. The number of urea groups is 1. The Bertz CT molecular complexity index is 731. The molecule has 1 aromatic heterocycles. The first-order valence-electron chi connectivity index (χ1n) is 8.78. The number of aromatic nitrogens is 2. The van der Waals surface area contributed by atoms with Crippen LogP contribution in [0, 0.1) is 12.7 Å². The minimum atomic E-state index is -0.469. The molecule has 1 fully saturated rings. The summed E-state index contributed by atoms with van der Waals surface area (Å²) in [5, 5.41) is 2.97. The van der Waals surface area contributed by atoms with Gasteiger partial charge in [-0.2, -0.15) is 0 Å². The third-order valence-corrected chi connectivity index (χ3v) is 4.49. The Morgan fingerprint density at radius 3 is 2.44 bits per heavy atom. The van der Waals surface area contributed by atoms with Gasteiger partial charge < -0.3 is 10.2 Å². The standard InChI is InChI=1S/C19H23FN4O.H2/c1-14-7-8-16(11-17(14)18-21-12-15(20)13-22-18)23-19(25)24-9-5-3-2-4-6-10-24;/h7-8,11-13H,2-6,9-10H2,1H3,(H,23,25);1H. The zero-order valence-corrected chi connectivity index (χ0v) is 14.5. The molecule has 1 saturated heterocycles. The molecule has 25 heavy (non-hydrogen) atoms. The first-order valence-corrected chi connectivity index (χ1v) is 8.78. The molecule has 5 nitrogen and oxygen atoms in total. The number of anilines is 1. The van der Waals surface area contributed by atoms with Crippen molar-refractivity contribution in [3.63, 3.8) is 0 Å². The predicted octanol–water partition coefficient (Wildman–Crippen LogP) is 4.64. The molecule has 0 saturated carbocycles. The van der Waals surface area contributed by atoms with Crippen LogP contribution in [0.1, 0.15) is 39.1 Å². The van der Waals surface area contributed by atoms with Crippen molar-refractivity contribution in [2.45, 2.75) is 39.0 Å². The quantitative estimate of drug-likeness (QED) is 0.864. The summed E-state index contributed by atoms with van der Waals surface area (Å²) in [6, 6.07) is 5.54. The minimum Gasteiger partial charge on any atom is -0.325 e. The highest BCUT2D eigenvalue weighted by molar-refractivity contribution is 5.90. The lowest BCUT2D eigenvalue weighted by Gasteiger charge is -2.25. The van der Waals surface area contributed by atoms with E-state index in [0.717, 1.165) is 49.5 Å². The zero-order chi connectivity index (χ0) is 17.6. The molecular formula is C19H25FN4O. The van der Waals surface area contributed by atoms with E-state index in [4.69, 9.17) is 0 Å². The van der Waals surface area contributed by atoms with Crippen LogP contribution in [0.3, 0.4) is 0 Å². The number of hydrogen-bond donors (Lipinski definition) is 1. The summed E-state index contributed by atoms with van der Waals surface area (Å²) in [7, 11) is 0. The van der Waals surface area contributed by atoms with E-state index in [1.54, 1.807) is 0 Å². The van der Waals surface area contributed by atoms with Gasteiger partial charge in [-0.25, -0.2) is 19.2 Å². The Labute approximate surface area is 148 Å². The molecule has 134 valence electrons. The van der Waals surface area contributed by atoms with Crippen LogP contribution >= 0.6 is 0 Å². The smallest absolute Gasteiger partial charge is 0.321 e. The van der Waals surface area contributed by atoms with E-state index in [0.29, 0.717) is 11.5 Å². The lowest BCUT2D eigenvalue weighted by atomic mass is 10.1. The second-order valence-electron chi connectivity index (χ2n) is 6.44. The highest BCUT2D eigenvalue weighted by atomic mass is 19.1. The fourth-order valence-corrected chi connectivity index (χ4v) is 3.05. The number of carbonyl (C=O) groups is 1. The number of nitrogens with zero attached hydrogens (tertiary/aromatic N) is 3. The Balaban J connectivity index is 0.00000243. The van der Waals surface area contributed by atoms with Gasteiger partial charge in [-0.1, -0.05) is 25.3 Å². The summed E-state index contributed by atoms with van der Waals surface area (Å²) in [5.41, 5.74) is 2.45. The van der Waals surface area contributed by atoms with E-state index in [1.807, 2.05) is 30.0 Å². The van der Waals surface area contributed by atoms with Crippen molar-refractivity contribution < 1.29 is 10.6 Å². The van der Waals surface area contributed by atoms with Crippen molar-refractivity contribution in [2.75, 3.05) is 18.4 Å². The Hall–Kier alpha value is -2.50. The maximum Gasteiger partial charge on any atom is 0.321 e. The molecule has 1 N–H and O–H groups in total. The van der Waals surface area contributed by atoms with E-state index >= 15 is 0 Å². The lowest BCUT2D eigenvalue weighted by Crippen LogP contribution is -2.37. The Morgan fingerprint density at radius 1 is 1.12 bits per heavy atom. The largest absolute Gasteiger partial charge is 0.325 e. The van der Waals surface area contributed by atoms with Crippen molar-refractivity contribution >= 4 is 11.7 Å². The molecule has 1 aromatic carbocycles. The van der Waals surface area contributed by atoms with Crippen molar-refractivity contribution in [1.29, 1.82) is 0 Å². The molecule has 0 atom stereocenters. The summed E-state index contributed by atoms with van der Waals surface area (Å²) in [6.07, 6.45) is 8.02. The summed E-state index contributed by atoms with van der Waals surface area (Å²) in [6.45, 7) is 3.53. The summed E-state index contributed by atoms with van der Waals surface area (Å²) in [5.74, 6) is -0.0239. The third-order valence-electron chi connectivity index (χ3n) is 4.49. The fourth-order valence-electron chi connectivity index (χ4n) is 3.05. The van der Waals surface area contributed by atoms with Gasteiger partial charge in [0.25, 0.3) is 0 Å². The molecule has 6 heteroatoms. The molecular weight excluding hydrogens is 319 g/mol. The third kappa shape index (κ3) is 4.53. The molecule has 3 rings (SSSR count). The second kappa shape index (κ2) is 8.05. The van der Waals surface area contributed by atoms with Crippen molar-refractivity contribution in [1.82, 2.24) is 14.9 Å². The van der Waals surface area contributed by atoms with Gasteiger partial charge in [0.15, 0.2) is 11.6 Å². The molecule has 2 aromatic rings. The summed E-state index contributed by atoms with van der Waals surface area (Å²) >= 11 is 0. The molecule has 0 bridgehead atoms. The van der Waals surface area contributed by atoms with Crippen molar-refractivity contribution in [2.24, 2.45) is 0 Å². The van der Waals surface area contributed by atoms with E-state index in [-0.39, 0.29) is 7.46 Å². The first kappa shape index (κ1) is 17.3. The van der Waals surface area contributed by atoms with Crippen molar-refractivity contribution in [3.05, 3.63) is 42.0 Å². The highest BCUT2D eigenvalue weighted by Crippen LogP contribution is 2.24. The monoisotopic (exact) mass is 344 g/mol. The predicted molar refractivity (Wildman–Crippen MR) is 98.0 cm³/mol. The van der Waals surface area contributed by atoms with Gasteiger partial charge in [-0.15, -0.1) is 0 Å². The normalized spacial score (nSPS) is 15.4. The van der Waals surface area contributed by atoms with Crippen LogP contribution in [-0.4, -0.2) is 34.0 Å². The molecule has 0 unspecified atom stereocenters. The van der Waals surface area contributed by atoms with E-state index < -0.39 is 5.82 Å². The maximum atomic E-state index is 13.0. The van der Waals surface area contributed by atoms with Crippen molar-refractivity contribution in [3.8, 4) is 11.4 Å². The number of halogens is 1. The Kier molecular flexibility index (Phi) is 5.58. The number of nitrogens with one attached hydrogen (secondary N) is 1. The van der Waals surface area contributed by atoms with Gasteiger partial charge in [-0.3, -0.25) is 0 Å². The van der Waals surface area contributed by atoms with Crippen LogP contribution in [-0.2, 0) is 0 Å². The summed E-state index contributed by atoms with van der Waals surface area (Å²) in [4.78, 5) is 22.5. The molecule has 0 spiro atoms. The number of likely N-dealkylation sites (tertiary alicyclic amines) is 1. The lowest BCUT2D eigenvalue weighted by molar-refractivity contribution is 0.206. The van der Waals surface area contributed by atoms with Crippen LogP contribution in [0.15, 0.2) is 30.6 Å². The topological polar surface area (TPSA) is 58.1 Å².